The van der Waals surface area contributed by atoms with Crippen LogP contribution < -0.4 is 0 Å². The van der Waals surface area contributed by atoms with Crippen LogP contribution in [0.25, 0.3) is 0 Å². The monoisotopic (exact) mass is 296 g/mol. The summed E-state index contributed by atoms with van der Waals surface area (Å²) in [5.74, 6) is 0.967. The molecule has 0 N–H and O–H groups in total. The van der Waals surface area contributed by atoms with E-state index in [2.05, 4.69) is 4.90 Å². The van der Waals surface area contributed by atoms with Gasteiger partial charge in [-0.3, -0.25) is 4.90 Å². The third kappa shape index (κ3) is 2.01. The van der Waals surface area contributed by atoms with E-state index in [1.54, 1.807) is 10.6 Å². The SMILES string of the molecule is O=S(=O)(C1CC1)N1CC[C@@H]2[C@@H]1CCN2Cc1ccco1. The molecule has 2 saturated heterocycles. The van der Waals surface area contributed by atoms with Crippen molar-refractivity contribution in [3.05, 3.63) is 24.2 Å². The topological polar surface area (TPSA) is 53.8 Å². The van der Waals surface area contributed by atoms with Gasteiger partial charge < -0.3 is 4.42 Å². The Morgan fingerprint density at radius 3 is 2.65 bits per heavy atom. The molecule has 0 aromatic carbocycles. The maximum Gasteiger partial charge on any atom is 0.217 e. The Kier molecular flexibility index (Phi) is 2.94. The average Bonchev–Trinajstić information content (AvgIpc) is 2.86. The van der Waals surface area contributed by atoms with Gasteiger partial charge in [0.1, 0.15) is 5.76 Å². The molecule has 20 heavy (non-hydrogen) atoms. The fourth-order valence-electron chi connectivity index (χ4n) is 3.71. The van der Waals surface area contributed by atoms with Crippen LogP contribution in [0.2, 0.25) is 0 Å². The number of likely N-dealkylation sites (tertiary alicyclic amines) is 1. The summed E-state index contributed by atoms with van der Waals surface area (Å²) >= 11 is 0. The number of fused-ring (bicyclic) bond motifs is 1. The van der Waals surface area contributed by atoms with Crippen LogP contribution in [-0.2, 0) is 16.6 Å². The Morgan fingerprint density at radius 2 is 1.95 bits per heavy atom. The predicted molar refractivity (Wildman–Crippen MR) is 74.6 cm³/mol. The van der Waals surface area contributed by atoms with Crippen molar-refractivity contribution in [1.82, 2.24) is 9.21 Å². The summed E-state index contributed by atoms with van der Waals surface area (Å²) in [6.45, 7) is 2.46. The van der Waals surface area contributed by atoms with E-state index in [4.69, 9.17) is 4.42 Å². The molecule has 5 nitrogen and oxygen atoms in total. The molecular weight excluding hydrogens is 276 g/mol. The van der Waals surface area contributed by atoms with E-state index in [0.717, 1.165) is 44.5 Å². The van der Waals surface area contributed by atoms with Gasteiger partial charge in [-0.15, -0.1) is 0 Å². The summed E-state index contributed by atoms with van der Waals surface area (Å²) in [7, 11) is -3.02. The van der Waals surface area contributed by atoms with Crippen LogP contribution in [0.4, 0.5) is 0 Å². The van der Waals surface area contributed by atoms with Gasteiger partial charge >= 0.3 is 0 Å². The average molecular weight is 296 g/mol. The smallest absolute Gasteiger partial charge is 0.217 e. The summed E-state index contributed by atoms with van der Waals surface area (Å²) < 4.78 is 32.1. The highest BCUT2D eigenvalue weighted by Gasteiger charge is 2.51. The number of nitrogens with zero attached hydrogens (tertiary/aromatic N) is 2. The van der Waals surface area contributed by atoms with Crippen molar-refractivity contribution in [3.63, 3.8) is 0 Å². The van der Waals surface area contributed by atoms with Gasteiger partial charge in [-0.25, -0.2) is 8.42 Å². The molecule has 1 aromatic rings. The fraction of sp³-hybridized carbons (Fsp3) is 0.714. The first-order chi connectivity index (χ1) is 9.66. The third-order valence-corrected chi connectivity index (χ3v) is 7.27. The first-order valence-corrected chi connectivity index (χ1v) is 8.93. The Balaban J connectivity index is 1.49. The highest BCUT2D eigenvalue weighted by atomic mass is 32.2. The van der Waals surface area contributed by atoms with Gasteiger partial charge in [0.05, 0.1) is 18.1 Å². The molecule has 3 heterocycles. The zero-order valence-corrected chi connectivity index (χ0v) is 12.3. The molecular formula is C14H20N2O3S. The summed E-state index contributed by atoms with van der Waals surface area (Å²) in [5, 5.41) is -0.0830. The van der Waals surface area contributed by atoms with E-state index < -0.39 is 10.0 Å². The molecule has 0 spiro atoms. The standard InChI is InChI=1S/C14H20N2O3S/c17-20(18,12-3-4-12)16-8-6-13-14(16)5-7-15(13)10-11-2-1-9-19-11/h1-2,9,12-14H,3-8,10H2/t13-,14+/m1/s1. The minimum absolute atomic E-state index is 0.0830. The molecule has 1 saturated carbocycles. The molecule has 0 bridgehead atoms. The molecule has 2 atom stereocenters. The normalized spacial score (nSPS) is 31.8. The molecule has 2 aliphatic heterocycles. The van der Waals surface area contributed by atoms with Crippen molar-refractivity contribution in [2.75, 3.05) is 13.1 Å². The van der Waals surface area contributed by atoms with Gasteiger partial charge in [0.2, 0.25) is 10.0 Å². The van der Waals surface area contributed by atoms with E-state index in [1.165, 1.54) is 0 Å². The van der Waals surface area contributed by atoms with E-state index in [1.807, 2.05) is 12.1 Å². The van der Waals surface area contributed by atoms with Crippen LogP contribution in [0.1, 0.15) is 31.4 Å². The highest BCUT2D eigenvalue weighted by Crippen LogP contribution is 2.39. The van der Waals surface area contributed by atoms with Gasteiger partial charge in [0.15, 0.2) is 0 Å². The lowest BCUT2D eigenvalue weighted by molar-refractivity contribution is 0.222. The zero-order chi connectivity index (χ0) is 13.7. The molecule has 1 aliphatic carbocycles. The fourth-order valence-corrected chi connectivity index (χ4v) is 5.81. The molecule has 110 valence electrons. The van der Waals surface area contributed by atoms with E-state index in [9.17, 15) is 8.42 Å². The van der Waals surface area contributed by atoms with Crippen LogP contribution in [-0.4, -0.2) is 48.0 Å². The molecule has 1 aromatic heterocycles. The zero-order valence-electron chi connectivity index (χ0n) is 11.4. The van der Waals surface area contributed by atoms with Crippen molar-refractivity contribution >= 4 is 10.0 Å². The van der Waals surface area contributed by atoms with Gasteiger partial charge in [-0.05, 0) is 37.8 Å². The Hall–Kier alpha value is -0.850. The van der Waals surface area contributed by atoms with Crippen LogP contribution in [0, 0.1) is 0 Å². The Morgan fingerprint density at radius 1 is 1.15 bits per heavy atom. The second kappa shape index (κ2) is 4.58. The number of furan rings is 1. The van der Waals surface area contributed by atoms with Gasteiger partial charge in [-0.1, -0.05) is 0 Å². The quantitative estimate of drug-likeness (QED) is 0.843. The lowest BCUT2D eigenvalue weighted by atomic mass is 10.1. The van der Waals surface area contributed by atoms with Crippen LogP contribution in [0.3, 0.4) is 0 Å². The lowest BCUT2D eigenvalue weighted by Gasteiger charge is -2.24. The first-order valence-electron chi connectivity index (χ1n) is 7.43. The second-order valence-corrected chi connectivity index (χ2v) is 8.28. The number of hydrogen-bond acceptors (Lipinski definition) is 4. The highest BCUT2D eigenvalue weighted by molar-refractivity contribution is 7.90. The lowest BCUT2D eigenvalue weighted by Crippen LogP contribution is -2.41. The third-order valence-electron chi connectivity index (χ3n) is 4.85. The van der Waals surface area contributed by atoms with Gasteiger partial charge in [0.25, 0.3) is 0 Å². The molecule has 3 fully saturated rings. The van der Waals surface area contributed by atoms with E-state index >= 15 is 0 Å². The number of hydrogen-bond donors (Lipinski definition) is 0. The summed E-state index contributed by atoms with van der Waals surface area (Å²) in [4.78, 5) is 2.38. The van der Waals surface area contributed by atoms with Crippen LogP contribution in [0.15, 0.2) is 22.8 Å². The molecule has 3 aliphatic rings. The number of sulfonamides is 1. The second-order valence-electron chi connectivity index (χ2n) is 6.12. The van der Waals surface area contributed by atoms with Crippen molar-refractivity contribution < 1.29 is 12.8 Å². The predicted octanol–water partition coefficient (Wildman–Crippen LogP) is 1.42. The molecule has 0 unspecified atom stereocenters. The largest absolute Gasteiger partial charge is 0.468 e. The maximum absolute atomic E-state index is 12.5. The van der Waals surface area contributed by atoms with E-state index in [-0.39, 0.29) is 11.3 Å². The first kappa shape index (κ1) is 12.9. The minimum Gasteiger partial charge on any atom is -0.468 e. The molecule has 6 heteroatoms. The van der Waals surface area contributed by atoms with E-state index in [0.29, 0.717) is 12.6 Å². The van der Waals surface area contributed by atoms with Crippen LogP contribution in [0.5, 0.6) is 0 Å². The summed E-state index contributed by atoms with van der Waals surface area (Å²) in [6.07, 6.45) is 5.31. The van der Waals surface area contributed by atoms with Crippen molar-refractivity contribution in [3.8, 4) is 0 Å². The molecule has 0 amide bonds. The Bertz CT molecular complexity index is 580. The molecule has 0 radical (unpaired) electrons. The van der Waals surface area contributed by atoms with Crippen LogP contribution >= 0.6 is 0 Å². The molecule has 4 rings (SSSR count). The number of rotatable bonds is 4. The summed E-state index contributed by atoms with van der Waals surface area (Å²) in [6, 6.07) is 4.45. The Labute approximate surface area is 119 Å². The van der Waals surface area contributed by atoms with Gasteiger partial charge in [0, 0.05) is 25.2 Å². The summed E-state index contributed by atoms with van der Waals surface area (Å²) in [5.41, 5.74) is 0. The van der Waals surface area contributed by atoms with Crippen molar-refractivity contribution in [2.24, 2.45) is 0 Å². The minimum atomic E-state index is -3.02. The maximum atomic E-state index is 12.5. The van der Waals surface area contributed by atoms with Gasteiger partial charge in [-0.2, -0.15) is 4.31 Å². The van der Waals surface area contributed by atoms with Crippen molar-refractivity contribution in [2.45, 2.75) is 49.6 Å². The van der Waals surface area contributed by atoms with Crippen molar-refractivity contribution in [1.29, 1.82) is 0 Å².